The molecule has 122 valence electrons. The molecular formula is C19H23NO3. The Morgan fingerprint density at radius 2 is 1.70 bits per heavy atom. The number of hydrogen-bond donors (Lipinski definition) is 1. The van der Waals surface area contributed by atoms with Gasteiger partial charge in [0.2, 0.25) is 0 Å². The predicted octanol–water partition coefficient (Wildman–Crippen LogP) is 3.38. The second-order valence-corrected chi connectivity index (χ2v) is 5.77. The maximum Gasteiger partial charge on any atom is 0.336 e. The highest BCUT2D eigenvalue weighted by atomic mass is 16.5. The fourth-order valence-corrected chi connectivity index (χ4v) is 3.16. The van der Waals surface area contributed by atoms with E-state index < -0.39 is 5.92 Å². The van der Waals surface area contributed by atoms with E-state index in [4.69, 9.17) is 4.74 Å². The Balaban J connectivity index is 2.69. The lowest BCUT2D eigenvalue weighted by atomic mass is 9.77. The lowest BCUT2D eigenvalue weighted by Crippen LogP contribution is -2.31. The minimum atomic E-state index is -0.394. The maximum absolute atomic E-state index is 12.5. The number of aryl methyl sites for hydroxylation is 1. The van der Waals surface area contributed by atoms with E-state index in [0.717, 1.165) is 22.5 Å². The molecule has 0 fully saturated rings. The molecule has 1 N–H and O–H groups in total. The second kappa shape index (κ2) is 6.82. The number of ether oxygens (including phenoxy) is 1. The zero-order valence-electron chi connectivity index (χ0n) is 14.3. The summed E-state index contributed by atoms with van der Waals surface area (Å²) >= 11 is 0. The number of benzene rings is 1. The van der Waals surface area contributed by atoms with Gasteiger partial charge in [-0.15, -0.1) is 0 Å². The minimum absolute atomic E-state index is 0.0439. The van der Waals surface area contributed by atoms with Gasteiger partial charge in [-0.25, -0.2) is 4.79 Å². The van der Waals surface area contributed by atoms with Crippen molar-refractivity contribution >= 4 is 11.8 Å². The van der Waals surface area contributed by atoms with E-state index in [1.165, 1.54) is 6.92 Å². The van der Waals surface area contributed by atoms with Crippen molar-refractivity contribution in [2.75, 3.05) is 6.61 Å². The second-order valence-electron chi connectivity index (χ2n) is 5.77. The zero-order chi connectivity index (χ0) is 17.1. The molecule has 0 saturated carbocycles. The lowest BCUT2D eigenvalue weighted by molar-refractivity contribution is -0.138. The molecule has 1 atom stereocenters. The Labute approximate surface area is 137 Å². The van der Waals surface area contributed by atoms with Crippen molar-refractivity contribution in [3.63, 3.8) is 0 Å². The van der Waals surface area contributed by atoms with Crippen LogP contribution in [-0.2, 0) is 14.3 Å². The first-order valence-electron chi connectivity index (χ1n) is 7.80. The van der Waals surface area contributed by atoms with Crippen LogP contribution in [0.5, 0.6) is 0 Å². The third-order valence-corrected chi connectivity index (χ3v) is 4.13. The molecule has 1 heterocycles. The number of ketones is 1. The fraction of sp³-hybridized carbons (Fsp3) is 0.368. The van der Waals surface area contributed by atoms with E-state index in [1.54, 1.807) is 6.92 Å². The maximum atomic E-state index is 12.5. The van der Waals surface area contributed by atoms with Gasteiger partial charge in [-0.05, 0) is 45.7 Å². The Morgan fingerprint density at radius 1 is 1.09 bits per heavy atom. The van der Waals surface area contributed by atoms with Gasteiger partial charge in [-0.3, -0.25) is 4.79 Å². The number of esters is 1. The first kappa shape index (κ1) is 17.0. The number of carbonyl (C=O) groups is 2. The summed E-state index contributed by atoms with van der Waals surface area (Å²) < 4.78 is 5.24. The lowest BCUT2D eigenvalue weighted by Gasteiger charge is -2.31. The zero-order valence-corrected chi connectivity index (χ0v) is 14.3. The van der Waals surface area contributed by atoms with Crippen molar-refractivity contribution in [3.8, 4) is 0 Å². The number of hydrogen-bond acceptors (Lipinski definition) is 4. The van der Waals surface area contributed by atoms with E-state index >= 15 is 0 Å². The third-order valence-electron chi connectivity index (χ3n) is 4.13. The molecule has 0 aliphatic carbocycles. The molecule has 4 heteroatoms. The van der Waals surface area contributed by atoms with Crippen LogP contribution in [0.1, 0.15) is 44.7 Å². The summed E-state index contributed by atoms with van der Waals surface area (Å²) in [6.45, 7) is 9.32. The van der Waals surface area contributed by atoms with Crippen molar-refractivity contribution in [1.82, 2.24) is 5.32 Å². The topological polar surface area (TPSA) is 55.4 Å². The van der Waals surface area contributed by atoms with Gasteiger partial charge < -0.3 is 10.1 Å². The normalized spacial score (nSPS) is 17.9. The molecule has 2 rings (SSSR count). The van der Waals surface area contributed by atoms with Gasteiger partial charge in [0.1, 0.15) is 0 Å². The third kappa shape index (κ3) is 3.21. The quantitative estimate of drug-likeness (QED) is 0.866. The van der Waals surface area contributed by atoms with Crippen molar-refractivity contribution in [1.29, 1.82) is 0 Å². The first-order valence-corrected chi connectivity index (χ1v) is 7.80. The molecule has 1 aliphatic heterocycles. The van der Waals surface area contributed by atoms with Gasteiger partial charge in [0, 0.05) is 22.9 Å². The van der Waals surface area contributed by atoms with E-state index in [1.807, 2.05) is 45.0 Å². The number of nitrogens with one attached hydrogen (secondary N) is 1. The van der Waals surface area contributed by atoms with Crippen LogP contribution in [0.15, 0.2) is 46.8 Å². The van der Waals surface area contributed by atoms with Crippen molar-refractivity contribution in [2.24, 2.45) is 0 Å². The van der Waals surface area contributed by atoms with Crippen LogP contribution >= 0.6 is 0 Å². The Hall–Kier alpha value is -2.36. The van der Waals surface area contributed by atoms with Crippen LogP contribution in [-0.4, -0.2) is 18.4 Å². The summed E-state index contributed by atoms with van der Waals surface area (Å²) in [7, 11) is 0. The van der Waals surface area contributed by atoms with E-state index in [2.05, 4.69) is 5.32 Å². The van der Waals surface area contributed by atoms with E-state index in [0.29, 0.717) is 17.8 Å². The van der Waals surface area contributed by atoms with Gasteiger partial charge in [0.05, 0.1) is 12.2 Å². The average molecular weight is 313 g/mol. The summed E-state index contributed by atoms with van der Waals surface area (Å²) in [5.74, 6) is -0.816. The highest BCUT2D eigenvalue weighted by Gasteiger charge is 2.36. The monoisotopic (exact) mass is 313 g/mol. The molecule has 0 radical (unpaired) electrons. The SMILES string of the molecule is CCOC(=O)C1=C(C)NC(C)=C(C(C)=O)C1c1ccccc1C. The molecular weight excluding hydrogens is 290 g/mol. The largest absolute Gasteiger partial charge is 0.463 e. The minimum Gasteiger partial charge on any atom is -0.463 e. The van der Waals surface area contributed by atoms with Crippen molar-refractivity contribution in [3.05, 3.63) is 57.9 Å². The van der Waals surface area contributed by atoms with Gasteiger partial charge in [-0.1, -0.05) is 24.3 Å². The summed E-state index contributed by atoms with van der Waals surface area (Å²) in [5.41, 5.74) is 4.65. The molecule has 1 aromatic rings. The highest BCUT2D eigenvalue weighted by molar-refractivity contribution is 6.02. The molecule has 23 heavy (non-hydrogen) atoms. The molecule has 4 nitrogen and oxygen atoms in total. The van der Waals surface area contributed by atoms with Crippen LogP contribution in [0, 0.1) is 6.92 Å². The Morgan fingerprint density at radius 3 is 2.26 bits per heavy atom. The number of Topliss-reactive ketones (excluding diaryl/α,β-unsaturated/α-hetero) is 1. The van der Waals surface area contributed by atoms with Crippen LogP contribution in [0.4, 0.5) is 0 Å². The molecule has 0 aromatic heterocycles. The predicted molar refractivity (Wildman–Crippen MR) is 89.8 cm³/mol. The summed E-state index contributed by atoms with van der Waals surface area (Å²) in [5, 5.41) is 3.16. The molecule has 1 aliphatic rings. The van der Waals surface area contributed by atoms with Crippen LogP contribution in [0.3, 0.4) is 0 Å². The highest BCUT2D eigenvalue weighted by Crippen LogP contribution is 2.40. The van der Waals surface area contributed by atoms with Gasteiger partial charge in [0.25, 0.3) is 0 Å². The molecule has 0 bridgehead atoms. The molecule has 0 spiro atoms. The summed E-state index contributed by atoms with van der Waals surface area (Å²) in [4.78, 5) is 24.8. The smallest absolute Gasteiger partial charge is 0.336 e. The van der Waals surface area contributed by atoms with Gasteiger partial charge in [0.15, 0.2) is 5.78 Å². The molecule has 0 saturated heterocycles. The van der Waals surface area contributed by atoms with Crippen LogP contribution in [0.2, 0.25) is 0 Å². The average Bonchev–Trinajstić information content (AvgIpc) is 2.46. The number of rotatable bonds is 4. The van der Waals surface area contributed by atoms with Crippen LogP contribution < -0.4 is 5.32 Å². The Kier molecular flexibility index (Phi) is 5.04. The van der Waals surface area contributed by atoms with Gasteiger partial charge in [-0.2, -0.15) is 0 Å². The number of allylic oxidation sites excluding steroid dienone is 3. The first-order chi connectivity index (χ1) is 10.9. The fourth-order valence-electron chi connectivity index (χ4n) is 3.16. The Bertz CT molecular complexity index is 713. The van der Waals surface area contributed by atoms with Crippen LogP contribution in [0.25, 0.3) is 0 Å². The molecule has 1 aromatic carbocycles. The standard InChI is InChI=1S/C19H23NO3/c1-6-23-19(22)17-13(4)20-12(3)16(14(5)21)18(17)15-10-8-7-9-11(15)2/h7-10,18,20H,6H2,1-5H3. The molecule has 1 unspecified atom stereocenters. The summed E-state index contributed by atoms with van der Waals surface area (Å²) in [6, 6.07) is 7.83. The van der Waals surface area contributed by atoms with Gasteiger partial charge >= 0.3 is 5.97 Å². The van der Waals surface area contributed by atoms with E-state index in [-0.39, 0.29) is 11.8 Å². The van der Waals surface area contributed by atoms with E-state index in [9.17, 15) is 9.59 Å². The summed E-state index contributed by atoms with van der Waals surface area (Å²) in [6.07, 6.45) is 0. The number of dihydropyridines is 1. The molecule has 0 amide bonds. The number of carbonyl (C=O) groups excluding carboxylic acids is 2. The van der Waals surface area contributed by atoms with Crippen molar-refractivity contribution < 1.29 is 14.3 Å². The van der Waals surface area contributed by atoms with Crippen molar-refractivity contribution in [2.45, 2.75) is 40.5 Å².